The highest BCUT2D eigenvalue weighted by Crippen LogP contribution is 2.19. The average Bonchev–Trinajstić information content (AvgIpc) is 3.04. The molecule has 1 amide bonds. The molecule has 2 aromatic carbocycles. The van der Waals surface area contributed by atoms with E-state index in [1.807, 2.05) is 62.4 Å². The van der Waals surface area contributed by atoms with Crippen LogP contribution < -0.4 is 10.2 Å². The quantitative estimate of drug-likeness (QED) is 0.379. The summed E-state index contributed by atoms with van der Waals surface area (Å²) in [6.07, 6.45) is 1.65. The topological polar surface area (TPSA) is 79.4 Å². The number of aromatic amines is 1. The van der Waals surface area contributed by atoms with Gasteiger partial charge in [0.05, 0.1) is 29.1 Å². The van der Waals surface area contributed by atoms with Crippen LogP contribution >= 0.6 is 11.8 Å². The van der Waals surface area contributed by atoms with Crippen LogP contribution in [0.15, 0.2) is 58.8 Å². The molecule has 0 bridgehead atoms. The van der Waals surface area contributed by atoms with Gasteiger partial charge in [0.15, 0.2) is 5.16 Å². The minimum atomic E-state index is -0.200. The smallest absolute Gasteiger partial charge is 0.250 e. The Kier molecular flexibility index (Phi) is 5.91. The lowest BCUT2D eigenvalue weighted by molar-refractivity contribution is -0.118. The molecule has 7 heteroatoms. The molecule has 0 saturated carbocycles. The molecular weight excluding hydrogens is 348 g/mol. The number of benzene rings is 2. The first kappa shape index (κ1) is 18.0. The Morgan fingerprint density at radius 1 is 1.27 bits per heavy atom. The molecule has 0 spiro atoms. The van der Waals surface area contributed by atoms with Gasteiger partial charge in [0.25, 0.3) is 5.91 Å². The zero-order valence-electron chi connectivity index (χ0n) is 14.6. The molecule has 0 radical (unpaired) electrons. The number of hydrazone groups is 1. The molecule has 0 aliphatic carbocycles. The van der Waals surface area contributed by atoms with Crippen LogP contribution in [0, 0.1) is 0 Å². The number of carbonyl (C=O) groups is 1. The lowest BCUT2D eigenvalue weighted by Gasteiger charge is -2.11. The summed E-state index contributed by atoms with van der Waals surface area (Å²) in [6, 6.07) is 15.3. The number of hydrogen-bond acceptors (Lipinski definition) is 5. The number of imidazole rings is 1. The van der Waals surface area contributed by atoms with Gasteiger partial charge in [-0.3, -0.25) is 4.79 Å². The number of H-pyrrole nitrogens is 1. The summed E-state index contributed by atoms with van der Waals surface area (Å²) in [6.45, 7) is 3.93. The third-order valence-corrected chi connectivity index (χ3v) is 4.26. The second kappa shape index (κ2) is 8.53. The lowest BCUT2D eigenvalue weighted by Crippen LogP contribution is -2.19. The highest BCUT2D eigenvalue weighted by atomic mass is 32.2. The molecule has 1 heterocycles. The number of nitrogens with zero attached hydrogens (tertiary/aromatic N) is 2. The highest BCUT2D eigenvalue weighted by molar-refractivity contribution is 7.99. The van der Waals surface area contributed by atoms with Gasteiger partial charge in [-0.05, 0) is 38.1 Å². The van der Waals surface area contributed by atoms with Crippen LogP contribution in [0.5, 0.6) is 5.75 Å². The molecule has 0 atom stereocenters. The molecule has 0 aliphatic rings. The van der Waals surface area contributed by atoms with E-state index in [-0.39, 0.29) is 17.8 Å². The number of thioether (sulfide) groups is 1. The Morgan fingerprint density at radius 3 is 2.85 bits per heavy atom. The van der Waals surface area contributed by atoms with Crippen molar-refractivity contribution in [3.05, 3.63) is 54.1 Å². The summed E-state index contributed by atoms with van der Waals surface area (Å²) in [7, 11) is 0. The van der Waals surface area contributed by atoms with E-state index in [1.165, 1.54) is 11.8 Å². The predicted octanol–water partition coefficient (Wildman–Crippen LogP) is 3.59. The van der Waals surface area contributed by atoms with E-state index in [0.717, 1.165) is 22.3 Å². The molecular formula is C19H20N4O2S. The first-order valence-corrected chi connectivity index (χ1v) is 9.25. The van der Waals surface area contributed by atoms with Gasteiger partial charge >= 0.3 is 0 Å². The second-order valence-electron chi connectivity index (χ2n) is 5.85. The van der Waals surface area contributed by atoms with E-state index >= 15 is 0 Å². The maximum absolute atomic E-state index is 12.0. The van der Waals surface area contributed by atoms with Gasteiger partial charge in [-0.2, -0.15) is 5.10 Å². The molecule has 0 fully saturated rings. The van der Waals surface area contributed by atoms with Gasteiger partial charge in [0.2, 0.25) is 0 Å². The number of hydrogen-bond donors (Lipinski definition) is 2. The average molecular weight is 368 g/mol. The predicted molar refractivity (Wildman–Crippen MR) is 105 cm³/mol. The Labute approximate surface area is 156 Å². The number of fused-ring (bicyclic) bond motifs is 1. The van der Waals surface area contributed by atoms with Crippen LogP contribution in [0.25, 0.3) is 11.0 Å². The maximum atomic E-state index is 12.0. The normalized spacial score (nSPS) is 11.3. The van der Waals surface area contributed by atoms with Crippen molar-refractivity contribution in [2.24, 2.45) is 5.10 Å². The van der Waals surface area contributed by atoms with Crippen LogP contribution in [0.2, 0.25) is 0 Å². The zero-order chi connectivity index (χ0) is 18.4. The Bertz CT molecular complexity index is 888. The van der Waals surface area contributed by atoms with E-state index in [4.69, 9.17) is 4.74 Å². The number of rotatable bonds is 7. The molecule has 134 valence electrons. The molecule has 3 rings (SSSR count). The summed E-state index contributed by atoms with van der Waals surface area (Å²) >= 11 is 1.33. The van der Waals surface area contributed by atoms with Crippen molar-refractivity contribution in [2.75, 3.05) is 5.75 Å². The fraction of sp³-hybridized carbons (Fsp3) is 0.211. The number of amides is 1. The lowest BCUT2D eigenvalue weighted by atomic mass is 10.2. The van der Waals surface area contributed by atoms with Crippen molar-refractivity contribution in [3.63, 3.8) is 0 Å². The number of ether oxygens (including phenoxy) is 1. The fourth-order valence-electron chi connectivity index (χ4n) is 2.29. The maximum Gasteiger partial charge on any atom is 0.250 e. The van der Waals surface area contributed by atoms with Crippen LogP contribution in [0.1, 0.15) is 19.4 Å². The first-order chi connectivity index (χ1) is 12.6. The molecule has 26 heavy (non-hydrogen) atoms. The van der Waals surface area contributed by atoms with Crippen molar-refractivity contribution in [1.82, 2.24) is 15.4 Å². The van der Waals surface area contributed by atoms with Crippen LogP contribution in [-0.4, -0.2) is 33.9 Å². The van der Waals surface area contributed by atoms with E-state index in [0.29, 0.717) is 5.16 Å². The third kappa shape index (κ3) is 4.86. The summed E-state index contributed by atoms with van der Waals surface area (Å²) < 4.78 is 5.72. The number of nitrogens with one attached hydrogen (secondary N) is 2. The van der Waals surface area contributed by atoms with Gasteiger partial charge in [0, 0.05) is 5.56 Å². The van der Waals surface area contributed by atoms with E-state index in [1.54, 1.807) is 6.21 Å². The van der Waals surface area contributed by atoms with Crippen LogP contribution in [-0.2, 0) is 4.79 Å². The minimum Gasteiger partial charge on any atom is -0.490 e. The fourth-order valence-corrected chi connectivity index (χ4v) is 2.96. The van der Waals surface area contributed by atoms with E-state index in [9.17, 15) is 4.79 Å². The van der Waals surface area contributed by atoms with Gasteiger partial charge in [-0.1, -0.05) is 36.0 Å². The molecule has 6 nitrogen and oxygen atoms in total. The largest absolute Gasteiger partial charge is 0.490 e. The summed E-state index contributed by atoms with van der Waals surface area (Å²) in [5.74, 6) is 0.757. The molecule has 0 unspecified atom stereocenters. The molecule has 1 aromatic heterocycles. The zero-order valence-corrected chi connectivity index (χ0v) is 15.4. The summed E-state index contributed by atoms with van der Waals surface area (Å²) in [4.78, 5) is 19.6. The van der Waals surface area contributed by atoms with Gasteiger partial charge < -0.3 is 9.72 Å². The summed E-state index contributed by atoms with van der Waals surface area (Å²) in [5.41, 5.74) is 5.18. The van der Waals surface area contributed by atoms with Crippen molar-refractivity contribution in [3.8, 4) is 5.75 Å². The number of aromatic nitrogens is 2. The summed E-state index contributed by atoms with van der Waals surface area (Å²) in [5, 5.41) is 4.73. The Hall–Kier alpha value is -2.80. The van der Waals surface area contributed by atoms with Crippen molar-refractivity contribution < 1.29 is 9.53 Å². The van der Waals surface area contributed by atoms with E-state index < -0.39 is 0 Å². The van der Waals surface area contributed by atoms with Gasteiger partial charge in [0.1, 0.15) is 5.75 Å². The van der Waals surface area contributed by atoms with Crippen molar-refractivity contribution in [1.29, 1.82) is 0 Å². The molecule has 3 aromatic rings. The Morgan fingerprint density at radius 2 is 2.04 bits per heavy atom. The number of carbonyl (C=O) groups excluding carboxylic acids is 1. The SMILES string of the molecule is CC(C)Oc1ccccc1/C=N/NC(=O)CSc1nc2ccccc2[nH]1. The second-order valence-corrected chi connectivity index (χ2v) is 6.81. The molecule has 0 aliphatic heterocycles. The Balaban J connectivity index is 1.53. The first-order valence-electron chi connectivity index (χ1n) is 8.27. The number of para-hydroxylation sites is 3. The van der Waals surface area contributed by atoms with Crippen molar-refractivity contribution >= 4 is 34.9 Å². The van der Waals surface area contributed by atoms with Gasteiger partial charge in [-0.25, -0.2) is 10.4 Å². The highest BCUT2D eigenvalue weighted by Gasteiger charge is 2.07. The van der Waals surface area contributed by atoms with Crippen LogP contribution in [0.3, 0.4) is 0 Å². The molecule has 2 N–H and O–H groups in total. The van der Waals surface area contributed by atoms with Gasteiger partial charge in [-0.15, -0.1) is 0 Å². The molecule has 0 saturated heterocycles. The van der Waals surface area contributed by atoms with Crippen molar-refractivity contribution in [2.45, 2.75) is 25.1 Å². The van der Waals surface area contributed by atoms with E-state index in [2.05, 4.69) is 20.5 Å². The van der Waals surface area contributed by atoms with Crippen LogP contribution in [0.4, 0.5) is 0 Å². The minimum absolute atomic E-state index is 0.0688. The standard InChI is InChI=1S/C19H20N4O2S/c1-13(2)25-17-10-6-3-7-14(17)11-20-23-18(24)12-26-19-21-15-8-4-5-9-16(15)22-19/h3-11,13H,12H2,1-2H3,(H,21,22)(H,23,24)/b20-11+. The monoisotopic (exact) mass is 368 g/mol. The third-order valence-electron chi connectivity index (χ3n) is 3.38.